The molecule has 8 rings (SSSR count). The lowest BCUT2D eigenvalue weighted by molar-refractivity contribution is 0.468. The van der Waals surface area contributed by atoms with E-state index in [0.29, 0.717) is 26.8 Å². The molecule has 4 nitrogen and oxygen atoms in total. The van der Waals surface area contributed by atoms with Gasteiger partial charge >= 0.3 is 14.7 Å². The molecule has 0 fully saturated rings. The van der Waals surface area contributed by atoms with Gasteiger partial charge in [0, 0.05) is 5.56 Å². The van der Waals surface area contributed by atoms with E-state index in [9.17, 15) is 0 Å². The van der Waals surface area contributed by atoms with E-state index in [-0.39, 0.29) is 11.5 Å². The highest BCUT2D eigenvalue weighted by atomic mass is 31.2. The monoisotopic (exact) mass is 686 g/mol. The third kappa shape index (κ3) is 5.73. The molecule has 0 N–H and O–H groups in total. The second-order valence-electron chi connectivity index (χ2n) is 12.0. The van der Waals surface area contributed by atoms with Gasteiger partial charge in [0.2, 0.25) is 0 Å². The predicted molar refractivity (Wildman–Crippen MR) is 208 cm³/mol. The van der Waals surface area contributed by atoms with Gasteiger partial charge in [-0.1, -0.05) is 140 Å². The van der Waals surface area contributed by atoms with Crippen LogP contribution in [0.15, 0.2) is 194 Å². The van der Waals surface area contributed by atoms with E-state index in [1.54, 1.807) is 0 Å². The predicted octanol–water partition coefficient (Wildman–Crippen LogP) is 10.3. The summed E-state index contributed by atoms with van der Waals surface area (Å²) >= 11 is 0. The summed E-state index contributed by atoms with van der Waals surface area (Å²) < 4.78 is 45.2. The Morgan fingerprint density at radius 1 is 0.360 bits per heavy atom. The maximum Gasteiger partial charge on any atom is 0.306 e. The van der Waals surface area contributed by atoms with Crippen molar-refractivity contribution in [3.05, 3.63) is 194 Å². The van der Waals surface area contributed by atoms with Crippen LogP contribution in [0.5, 0.6) is 11.5 Å². The summed E-state index contributed by atoms with van der Waals surface area (Å²) in [5.41, 5.74) is 1.58. The van der Waals surface area contributed by atoms with Crippen molar-refractivity contribution in [1.82, 2.24) is 0 Å². The van der Waals surface area contributed by atoms with E-state index < -0.39 is 14.7 Å². The molecule has 0 amide bonds. The van der Waals surface area contributed by atoms with Gasteiger partial charge in [0.25, 0.3) is 0 Å². The molecule has 0 bridgehead atoms. The molecule has 8 aromatic rings. The zero-order chi connectivity index (χ0) is 34.0. The van der Waals surface area contributed by atoms with Crippen LogP contribution in [0.2, 0.25) is 0 Å². The van der Waals surface area contributed by atoms with Gasteiger partial charge in [0.1, 0.15) is 0 Å². The SMILES string of the molecule is O=P(Oc1cc2ccccc2c(-c2cccc3ccccc23)c1OP(=O)(c1ccccc1)c1ccccc1)(c1ccccc1)c1ccccc1. The van der Waals surface area contributed by atoms with Crippen LogP contribution in [0, 0.1) is 0 Å². The zero-order valence-electron chi connectivity index (χ0n) is 27.0. The molecule has 0 radical (unpaired) electrons. The van der Waals surface area contributed by atoms with Crippen LogP contribution in [0.25, 0.3) is 32.7 Å². The fourth-order valence-electron chi connectivity index (χ4n) is 6.45. The molecular weight excluding hydrogens is 654 g/mol. The molecule has 0 aliphatic carbocycles. The molecule has 0 aromatic heterocycles. The lowest BCUT2D eigenvalue weighted by Gasteiger charge is -2.27. The summed E-state index contributed by atoms with van der Waals surface area (Å²) in [5.74, 6) is 0.484. The van der Waals surface area contributed by atoms with Crippen LogP contribution in [-0.4, -0.2) is 0 Å². The van der Waals surface area contributed by atoms with E-state index in [1.807, 2.05) is 176 Å². The standard InChI is InChI=1S/C44H32O4P2/c45-49(35-21-5-1-6-22-35,36-23-7-2-8-24-36)47-42-32-34-19-14-16-30-40(34)43(41-31-17-20-33-18-13-15-29-39(33)41)44(42)48-50(46,37-25-9-3-10-26-37)38-27-11-4-12-28-38/h1-32H. The van der Waals surface area contributed by atoms with E-state index in [1.165, 1.54) is 0 Å². The number of rotatable bonds is 9. The summed E-state index contributed by atoms with van der Waals surface area (Å²) in [6.45, 7) is 0. The van der Waals surface area contributed by atoms with Crippen molar-refractivity contribution in [3.8, 4) is 22.6 Å². The summed E-state index contributed by atoms with van der Waals surface area (Å²) in [4.78, 5) is 0. The Morgan fingerprint density at radius 3 is 1.28 bits per heavy atom. The minimum atomic E-state index is -3.84. The summed E-state index contributed by atoms with van der Waals surface area (Å²) in [6.07, 6.45) is 0. The maximum atomic E-state index is 15.7. The molecular formula is C44H32O4P2. The van der Waals surface area contributed by atoms with Crippen molar-refractivity contribution in [3.63, 3.8) is 0 Å². The van der Waals surface area contributed by atoms with Gasteiger partial charge in [-0.25, -0.2) is 0 Å². The Labute approximate surface area is 291 Å². The molecule has 242 valence electrons. The van der Waals surface area contributed by atoms with Gasteiger partial charge in [-0.05, 0) is 81.7 Å². The first kappa shape index (κ1) is 31.6. The molecule has 0 aliphatic rings. The zero-order valence-corrected chi connectivity index (χ0v) is 28.8. The van der Waals surface area contributed by atoms with Crippen LogP contribution in [0.1, 0.15) is 0 Å². The van der Waals surface area contributed by atoms with Gasteiger partial charge in [-0.15, -0.1) is 0 Å². The average Bonchev–Trinajstić information content (AvgIpc) is 3.19. The Hall–Kier alpha value is -5.66. The van der Waals surface area contributed by atoms with Crippen LogP contribution >= 0.6 is 14.7 Å². The van der Waals surface area contributed by atoms with Gasteiger partial charge in [0.15, 0.2) is 11.5 Å². The molecule has 0 saturated carbocycles. The van der Waals surface area contributed by atoms with Crippen molar-refractivity contribution in [2.24, 2.45) is 0 Å². The second kappa shape index (κ2) is 13.3. The third-order valence-electron chi connectivity index (χ3n) is 8.86. The number of benzene rings is 8. The lowest BCUT2D eigenvalue weighted by Crippen LogP contribution is -2.22. The van der Waals surface area contributed by atoms with E-state index in [0.717, 1.165) is 27.1 Å². The van der Waals surface area contributed by atoms with Crippen molar-refractivity contribution in [2.75, 3.05) is 0 Å². The van der Waals surface area contributed by atoms with Gasteiger partial charge in [-0.3, -0.25) is 9.13 Å². The van der Waals surface area contributed by atoms with Crippen LogP contribution in [0.4, 0.5) is 0 Å². The third-order valence-corrected chi connectivity index (χ3v) is 13.7. The fraction of sp³-hybridized carbons (Fsp3) is 0. The number of hydrogen-bond donors (Lipinski definition) is 0. The van der Waals surface area contributed by atoms with Gasteiger partial charge < -0.3 is 9.05 Å². The number of hydrogen-bond acceptors (Lipinski definition) is 4. The number of fused-ring (bicyclic) bond motifs is 2. The Morgan fingerprint density at radius 2 is 0.760 bits per heavy atom. The van der Waals surface area contributed by atoms with Crippen LogP contribution in [-0.2, 0) is 9.13 Å². The van der Waals surface area contributed by atoms with E-state index >= 15 is 9.13 Å². The molecule has 0 heterocycles. The Balaban J connectivity index is 1.48. The first-order valence-corrected chi connectivity index (χ1v) is 19.7. The summed E-state index contributed by atoms with van der Waals surface area (Å²) in [6, 6.07) is 61.1. The second-order valence-corrected chi connectivity index (χ2v) is 16.6. The van der Waals surface area contributed by atoms with Crippen LogP contribution < -0.4 is 30.3 Å². The highest BCUT2D eigenvalue weighted by Crippen LogP contribution is 2.57. The first-order valence-electron chi connectivity index (χ1n) is 16.4. The minimum Gasteiger partial charge on any atom is -0.433 e. The molecule has 0 saturated heterocycles. The lowest BCUT2D eigenvalue weighted by atomic mass is 9.93. The molecule has 50 heavy (non-hydrogen) atoms. The van der Waals surface area contributed by atoms with Gasteiger partial charge in [0.05, 0.1) is 21.2 Å². The summed E-state index contributed by atoms with van der Waals surface area (Å²) in [7, 11) is -7.63. The molecule has 6 heteroatoms. The van der Waals surface area contributed by atoms with Crippen molar-refractivity contribution < 1.29 is 18.2 Å². The average molecular weight is 687 g/mol. The molecule has 8 aromatic carbocycles. The molecule has 0 unspecified atom stereocenters. The van der Waals surface area contributed by atoms with Crippen molar-refractivity contribution in [2.45, 2.75) is 0 Å². The maximum absolute atomic E-state index is 15.7. The fourth-order valence-corrected chi connectivity index (χ4v) is 10.6. The van der Waals surface area contributed by atoms with Crippen molar-refractivity contribution >= 4 is 57.5 Å². The highest BCUT2D eigenvalue weighted by molar-refractivity contribution is 7.75. The largest absolute Gasteiger partial charge is 0.433 e. The van der Waals surface area contributed by atoms with Crippen LogP contribution in [0.3, 0.4) is 0 Å². The topological polar surface area (TPSA) is 52.6 Å². The van der Waals surface area contributed by atoms with E-state index in [2.05, 4.69) is 18.2 Å². The molecule has 0 spiro atoms. The quantitative estimate of drug-likeness (QED) is 0.142. The normalized spacial score (nSPS) is 11.8. The molecule has 0 atom stereocenters. The van der Waals surface area contributed by atoms with Crippen molar-refractivity contribution in [1.29, 1.82) is 0 Å². The van der Waals surface area contributed by atoms with E-state index in [4.69, 9.17) is 9.05 Å². The Kier molecular flexibility index (Phi) is 8.43. The summed E-state index contributed by atoms with van der Waals surface area (Å²) in [5, 5.41) is 5.91. The highest BCUT2D eigenvalue weighted by Gasteiger charge is 2.37. The Bertz CT molecular complexity index is 2450. The van der Waals surface area contributed by atoms with Gasteiger partial charge in [-0.2, -0.15) is 0 Å². The minimum absolute atomic E-state index is 0.231. The first-order chi connectivity index (χ1) is 24.5. The smallest absolute Gasteiger partial charge is 0.306 e. The molecule has 0 aliphatic heterocycles.